The summed E-state index contributed by atoms with van der Waals surface area (Å²) in [5, 5.41) is 13.0. The van der Waals surface area contributed by atoms with Gasteiger partial charge in [-0.3, -0.25) is 0 Å². The van der Waals surface area contributed by atoms with Crippen molar-refractivity contribution < 1.29 is 5.11 Å². The van der Waals surface area contributed by atoms with Gasteiger partial charge in [0.25, 0.3) is 0 Å². The molecule has 94 valence electrons. The first-order valence-electron chi connectivity index (χ1n) is 6.62. The van der Waals surface area contributed by atoms with Gasteiger partial charge in [-0.15, -0.1) is 0 Å². The van der Waals surface area contributed by atoms with E-state index in [4.69, 9.17) is 0 Å². The molecular formula is C15H23NO. The van der Waals surface area contributed by atoms with Crippen molar-refractivity contribution in [1.82, 2.24) is 0 Å². The standard InChI is InChI=1S/C15H23NO/c1-10-4-6-14(11(2)8-10)16-15-7-5-13(17)9-12(15)3/h5,7,9-11,14,16-17H,4,6,8H2,1-3H3. The summed E-state index contributed by atoms with van der Waals surface area (Å²) in [6.07, 6.45) is 3.89. The highest BCUT2D eigenvalue weighted by atomic mass is 16.3. The maximum atomic E-state index is 9.40. The summed E-state index contributed by atoms with van der Waals surface area (Å²) in [5.41, 5.74) is 2.28. The molecule has 2 nitrogen and oxygen atoms in total. The van der Waals surface area contributed by atoms with Gasteiger partial charge in [-0.25, -0.2) is 0 Å². The third-order valence-corrected chi connectivity index (χ3v) is 3.98. The van der Waals surface area contributed by atoms with Crippen LogP contribution in [-0.2, 0) is 0 Å². The number of hydrogen-bond acceptors (Lipinski definition) is 2. The number of nitrogens with one attached hydrogen (secondary N) is 1. The zero-order valence-corrected chi connectivity index (χ0v) is 11.0. The highest BCUT2D eigenvalue weighted by molar-refractivity contribution is 5.54. The van der Waals surface area contributed by atoms with Gasteiger partial charge in [0.05, 0.1) is 0 Å². The minimum atomic E-state index is 0.346. The summed E-state index contributed by atoms with van der Waals surface area (Å²) in [6.45, 7) is 6.72. The molecule has 3 unspecified atom stereocenters. The summed E-state index contributed by atoms with van der Waals surface area (Å²) in [7, 11) is 0. The first-order chi connectivity index (χ1) is 8.06. The van der Waals surface area contributed by atoms with Crippen molar-refractivity contribution in [2.45, 2.75) is 46.1 Å². The highest BCUT2D eigenvalue weighted by Gasteiger charge is 2.25. The van der Waals surface area contributed by atoms with Crippen molar-refractivity contribution in [2.75, 3.05) is 5.32 Å². The molecule has 0 aromatic heterocycles. The molecule has 0 radical (unpaired) electrons. The van der Waals surface area contributed by atoms with E-state index in [1.165, 1.54) is 19.3 Å². The molecule has 1 aromatic carbocycles. The lowest BCUT2D eigenvalue weighted by molar-refractivity contribution is 0.276. The fraction of sp³-hybridized carbons (Fsp3) is 0.600. The topological polar surface area (TPSA) is 32.3 Å². The SMILES string of the molecule is Cc1cc(O)ccc1NC1CCC(C)CC1C. The molecule has 0 bridgehead atoms. The Morgan fingerprint density at radius 3 is 2.65 bits per heavy atom. The fourth-order valence-electron chi connectivity index (χ4n) is 2.89. The Hall–Kier alpha value is -1.18. The summed E-state index contributed by atoms with van der Waals surface area (Å²) in [6, 6.07) is 6.13. The predicted octanol–water partition coefficient (Wildman–Crippen LogP) is 3.94. The minimum absolute atomic E-state index is 0.346. The van der Waals surface area contributed by atoms with Crippen LogP contribution in [-0.4, -0.2) is 11.1 Å². The van der Waals surface area contributed by atoms with Gasteiger partial charge in [-0.05, 0) is 61.8 Å². The lowest BCUT2D eigenvalue weighted by atomic mass is 9.80. The third-order valence-electron chi connectivity index (χ3n) is 3.98. The van der Waals surface area contributed by atoms with Crippen molar-refractivity contribution in [3.63, 3.8) is 0 Å². The molecule has 1 saturated carbocycles. The molecular weight excluding hydrogens is 210 g/mol. The van der Waals surface area contributed by atoms with Crippen LogP contribution < -0.4 is 5.32 Å². The first-order valence-corrected chi connectivity index (χ1v) is 6.62. The van der Waals surface area contributed by atoms with E-state index in [1.807, 2.05) is 19.1 Å². The van der Waals surface area contributed by atoms with E-state index in [0.717, 1.165) is 23.1 Å². The quantitative estimate of drug-likeness (QED) is 0.758. The molecule has 2 N–H and O–H groups in total. The van der Waals surface area contributed by atoms with Crippen LogP contribution in [0.2, 0.25) is 0 Å². The van der Waals surface area contributed by atoms with E-state index < -0.39 is 0 Å². The Morgan fingerprint density at radius 2 is 2.00 bits per heavy atom. The van der Waals surface area contributed by atoms with E-state index in [-0.39, 0.29) is 0 Å². The Kier molecular flexibility index (Phi) is 3.60. The molecule has 2 heteroatoms. The van der Waals surface area contributed by atoms with Gasteiger partial charge in [0.2, 0.25) is 0 Å². The number of rotatable bonds is 2. The molecule has 0 spiro atoms. The molecule has 0 heterocycles. The number of aromatic hydroxyl groups is 1. The van der Waals surface area contributed by atoms with E-state index in [2.05, 4.69) is 19.2 Å². The van der Waals surface area contributed by atoms with Crippen LogP contribution in [0.5, 0.6) is 5.75 Å². The third kappa shape index (κ3) is 2.93. The normalized spacial score (nSPS) is 29.0. The second-order valence-electron chi connectivity index (χ2n) is 5.65. The van der Waals surface area contributed by atoms with Crippen molar-refractivity contribution in [1.29, 1.82) is 0 Å². The molecule has 2 rings (SSSR count). The average Bonchev–Trinajstić information content (AvgIpc) is 2.25. The zero-order chi connectivity index (χ0) is 12.4. The van der Waals surface area contributed by atoms with Crippen LogP contribution in [0.4, 0.5) is 5.69 Å². The lowest BCUT2D eigenvalue weighted by Crippen LogP contribution is -2.33. The molecule has 0 aliphatic heterocycles. The van der Waals surface area contributed by atoms with Gasteiger partial charge in [-0.2, -0.15) is 0 Å². The van der Waals surface area contributed by atoms with Gasteiger partial charge in [-0.1, -0.05) is 13.8 Å². The number of benzene rings is 1. The number of hydrogen-bond donors (Lipinski definition) is 2. The van der Waals surface area contributed by atoms with Crippen LogP contribution in [0.3, 0.4) is 0 Å². The minimum Gasteiger partial charge on any atom is -0.508 e. The van der Waals surface area contributed by atoms with E-state index in [9.17, 15) is 5.11 Å². The van der Waals surface area contributed by atoms with Crippen LogP contribution in [0, 0.1) is 18.8 Å². The molecule has 1 aromatic rings. The van der Waals surface area contributed by atoms with Crippen LogP contribution in [0.1, 0.15) is 38.7 Å². The largest absolute Gasteiger partial charge is 0.508 e. The monoisotopic (exact) mass is 233 g/mol. The molecule has 17 heavy (non-hydrogen) atoms. The maximum absolute atomic E-state index is 9.40. The van der Waals surface area contributed by atoms with Gasteiger partial charge in [0.15, 0.2) is 0 Å². The van der Waals surface area contributed by atoms with Crippen molar-refractivity contribution in [3.05, 3.63) is 23.8 Å². The molecule has 1 aliphatic carbocycles. The summed E-state index contributed by atoms with van der Waals surface area (Å²) < 4.78 is 0. The summed E-state index contributed by atoms with van der Waals surface area (Å²) in [5.74, 6) is 1.94. The highest BCUT2D eigenvalue weighted by Crippen LogP contribution is 2.31. The summed E-state index contributed by atoms with van der Waals surface area (Å²) in [4.78, 5) is 0. The fourth-order valence-corrected chi connectivity index (χ4v) is 2.89. The number of phenols is 1. The second kappa shape index (κ2) is 4.99. The Labute approximate surface area is 104 Å². The van der Waals surface area contributed by atoms with E-state index >= 15 is 0 Å². The lowest BCUT2D eigenvalue weighted by Gasteiger charge is -2.34. The Bertz CT molecular complexity index is 389. The van der Waals surface area contributed by atoms with E-state index in [1.54, 1.807) is 6.07 Å². The molecule has 1 aliphatic rings. The van der Waals surface area contributed by atoms with Crippen LogP contribution >= 0.6 is 0 Å². The van der Waals surface area contributed by atoms with Crippen LogP contribution in [0.15, 0.2) is 18.2 Å². The maximum Gasteiger partial charge on any atom is 0.115 e. The number of phenolic OH excluding ortho intramolecular Hbond substituents is 1. The van der Waals surface area contributed by atoms with Crippen molar-refractivity contribution >= 4 is 5.69 Å². The van der Waals surface area contributed by atoms with Crippen molar-refractivity contribution in [3.8, 4) is 5.75 Å². The number of aryl methyl sites for hydroxylation is 1. The second-order valence-corrected chi connectivity index (χ2v) is 5.65. The predicted molar refractivity (Wildman–Crippen MR) is 72.4 cm³/mol. The van der Waals surface area contributed by atoms with Crippen molar-refractivity contribution in [2.24, 2.45) is 11.8 Å². The van der Waals surface area contributed by atoms with Gasteiger partial charge in [0, 0.05) is 11.7 Å². The van der Waals surface area contributed by atoms with Gasteiger partial charge >= 0.3 is 0 Å². The Balaban J connectivity index is 2.05. The van der Waals surface area contributed by atoms with Gasteiger partial charge in [0.1, 0.15) is 5.75 Å². The molecule has 1 fully saturated rings. The average molecular weight is 233 g/mol. The molecule has 0 saturated heterocycles. The Morgan fingerprint density at radius 1 is 1.24 bits per heavy atom. The molecule has 3 atom stereocenters. The summed E-state index contributed by atoms with van der Waals surface area (Å²) >= 11 is 0. The zero-order valence-electron chi connectivity index (χ0n) is 11.0. The smallest absolute Gasteiger partial charge is 0.115 e. The number of anilines is 1. The van der Waals surface area contributed by atoms with E-state index in [0.29, 0.717) is 11.8 Å². The first kappa shape index (κ1) is 12.3. The van der Waals surface area contributed by atoms with Crippen LogP contribution in [0.25, 0.3) is 0 Å². The molecule has 0 amide bonds. The van der Waals surface area contributed by atoms with Gasteiger partial charge < -0.3 is 10.4 Å².